The number of fused-ring (bicyclic) bond motifs is 2. The van der Waals surface area contributed by atoms with Crippen LogP contribution in [0.2, 0.25) is 0 Å². The van der Waals surface area contributed by atoms with Crippen molar-refractivity contribution in [1.29, 1.82) is 0 Å². The Kier molecular flexibility index (Phi) is 5.47. The topological polar surface area (TPSA) is 204 Å². The molecule has 7 atom stereocenters. The highest BCUT2D eigenvalue weighted by Crippen LogP contribution is 2.58. The average Bonchev–Trinajstić information content (AvgIpc) is 3.44. The first-order valence-corrected chi connectivity index (χ1v) is 12.6. The van der Waals surface area contributed by atoms with E-state index in [1.54, 1.807) is 0 Å². The zero-order valence-electron chi connectivity index (χ0n) is 16.3. The van der Waals surface area contributed by atoms with Crippen LogP contribution in [0.15, 0.2) is 12.7 Å². The van der Waals surface area contributed by atoms with Crippen molar-refractivity contribution in [3.8, 4) is 0 Å². The number of imidazole rings is 1. The van der Waals surface area contributed by atoms with Crippen molar-refractivity contribution in [2.45, 2.75) is 55.9 Å². The Balaban J connectivity index is 1.45. The van der Waals surface area contributed by atoms with Gasteiger partial charge in [0.2, 0.25) is 0 Å². The third-order valence-corrected chi connectivity index (χ3v) is 7.06. The fraction of sp³-hybridized carbons (Fsp3) is 0.667. The summed E-state index contributed by atoms with van der Waals surface area (Å²) in [7, 11) is -9.19. The van der Waals surface area contributed by atoms with Crippen molar-refractivity contribution in [3.05, 3.63) is 12.7 Å². The smallest absolute Gasteiger partial charge is 0.391 e. The van der Waals surface area contributed by atoms with Crippen molar-refractivity contribution in [2.75, 3.05) is 11.9 Å². The minimum Gasteiger partial charge on any atom is -0.391 e. The van der Waals surface area contributed by atoms with Crippen LogP contribution in [-0.4, -0.2) is 79.6 Å². The van der Waals surface area contributed by atoms with Crippen molar-refractivity contribution in [1.82, 2.24) is 19.5 Å². The van der Waals surface area contributed by atoms with E-state index in [0.717, 1.165) is 12.8 Å². The van der Waals surface area contributed by atoms with Crippen molar-refractivity contribution >= 4 is 35.2 Å². The molecule has 15 nitrogen and oxygen atoms in total. The number of nitrogens with zero attached hydrogens (tertiary/aromatic N) is 4. The minimum absolute atomic E-state index is 0.181. The van der Waals surface area contributed by atoms with Crippen LogP contribution in [0.4, 0.5) is 5.82 Å². The van der Waals surface area contributed by atoms with E-state index in [9.17, 15) is 23.0 Å². The van der Waals surface area contributed by atoms with Gasteiger partial charge in [0.1, 0.15) is 24.6 Å². The Bertz CT molecular complexity index is 1180. The maximum Gasteiger partial charge on any atom is 0.473 e. The molecule has 0 aromatic carbocycles. The standard InChI is InChI=1S/C15H20N5O10PS/c21-8-3-1-2-7(8)19-13-10-14(17-5-16-13)20(6-18-10)15-12-11(29-31(22,23)30-12)9(28-15)4-27-32(24,25)26/h5-9,11-12,15,21H,1-4H2,(H,22,23)(H,16,17,19)(H,24,25,26)/t7-,8-,9-,11-,12-,15-/m1/s1. The van der Waals surface area contributed by atoms with Gasteiger partial charge < -0.3 is 20.1 Å². The van der Waals surface area contributed by atoms with E-state index in [0.29, 0.717) is 23.4 Å². The van der Waals surface area contributed by atoms with Gasteiger partial charge in [-0.1, -0.05) is 0 Å². The summed E-state index contributed by atoms with van der Waals surface area (Å²) < 4.78 is 64.4. The number of aliphatic hydroxyl groups excluding tert-OH is 1. The summed E-state index contributed by atoms with van der Waals surface area (Å²) in [6.07, 6.45) is 0.0118. The van der Waals surface area contributed by atoms with Gasteiger partial charge in [0.15, 0.2) is 23.2 Å². The van der Waals surface area contributed by atoms with Gasteiger partial charge >= 0.3 is 18.2 Å². The van der Waals surface area contributed by atoms with Crippen molar-refractivity contribution < 1.29 is 45.5 Å². The normalized spacial score (nSPS) is 37.2. The summed E-state index contributed by atoms with van der Waals surface area (Å²) >= 11 is 0. The molecule has 1 saturated carbocycles. The molecule has 2 saturated heterocycles. The van der Waals surface area contributed by atoms with Crippen LogP contribution in [-0.2, 0) is 32.9 Å². The fourth-order valence-electron chi connectivity index (χ4n) is 4.22. The van der Waals surface area contributed by atoms with Gasteiger partial charge in [-0.3, -0.25) is 18.2 Å². The number of nitrogens with one attached hydrogen (secondary N) is 1. The number of phosphoric ester groups is 1. The van der Waals surface area contributed by atoms with Crippen LogP contribution in [0.25, 0.3) is 11.2 Å². The molecule has 3 aliphatic rings. The number of phosphoric acid groups is 1. The lowest BCUT2D eigenvalue weighted by atomic mass is 10.1. The first kappa shape index (κ1) is 22.1. The summed E-state index contributed by atoms with van der Waals surface area (Å²) in [6.45, 7) is -0.673. The zero-order chi connectivity index (χ0) is 22.7. The number of rotatable bonds is 6. The van der Waals surface area contributed by atoms with Crippen LogP contribution in [0.3, 0.4) is 0 Å². The summed E-state index contributed by atoms with van der Waals surface area (Å²) in [5.41, 5.74) is 0.675. The lowest BCUT2D eigenvalue weighted by Crippen LogP contribution is -2.32. The van der Waals surface area contributed by atoms with E-state index in [2.05, 4.69) is 24.5 Å². The summed E-state index contributed by atoms with van der Waals surface area (Å²) in [6, 6.07) is -0.181. The zero-order valence-corrected chi connectivity index (χ0v) is 18.0. The quantitative estimate of drug-likeness (QED) is 0.303. The van der Waals surface area contributed by atoms with E-state index in [4.69, 9.17) is 18.3 Å². The van der Waals surface area contributed by atoms with Gasteiger partial charge in [-0.15, -0.1) is 0 Å². The molecule has 1 aliphatic carbocycles. The molecule has 1 unspecified atom stereocenters. The van der Waals surface area contributed by atoms with E-state index in [-0.39, 0.29) is 6.04 Å². The molecule has 0 spiro atoms. The molecule has 32 heavy (non-hydrogen) atoms. The van der Waals surface area contributed by atoms with Gasteiger partial charge in [0, 0.05) is 0 Å². The highest BCUT2D eigenvalue weighted by molar-refractivity contribution is 7.80. The Hall–Kier alpha value is -1.75. The summed E-state index contributed by atoms with van der Waals surface area (Å²) in [5.74, 6) is 0.400. The molecule has 0 amide bonds. The largest absolute Gasteiger partial charge is 0.473 e. The number of aromatic nitrogens is 4. The van der Waals surface area contributed by atoms with Crippen molar-refractivity contribution in [3.63, 3.8) is 0 Å². The third-order valence-electron chi connectivity index (χ3n) is 5.61. The third kappa shape index (κ3) is 4.13. The maximum atomic E-state index is 12.0. The number of ether oxygens (including phenoxy) is 1. The van der Waals surface area contributed by atoms with Crippen LogP contribution in [0, 0.1) is 0 Å². The molecule has 4 N–H and O–H groups in total. The second-order valence-corrected chi connectivity index (χ2v) is 10.1. The van der Waals surface area contributed by atoms with Crippen LogP contribution in [0.1, 0.15) is 25.5 Å². The molecule has 3 fully saturated rings. The van der Waals surface area contributed by atoms with Crippen LogP contribution >= 0.6 is 7.82 Å². The highest BCUT2D eigenvalue weighted by atomic mass is 32.3. The van der Waals surface area contributed by atoms with E-state index < -0.39 is 55.5 Å². The number of aliphatic hydroxyl groups is 1. The van der Waals surface area contributed by atoms with Gasteiger partial charge in [0.25, 0.3) is 0 Å². The molecule has 176 valence electrons. The molecule has 2 aromatic rings. The Morgan fingerprint density at radius 1 is 1.25 bits per heavy atom. The minimum atomic E-state index is -4.77. The molecular weight excluding hydrogens is 473 g/mol. The monoisotopic (exact) mass is 493 g/mol. The molecule has 0 radical (unpaired) electrons. The van der Waals surface area contributed by atoms with Crippen LogP contribution < -0.4 is 5.32 Å². The maximum absolute atomic E-state index is 12.0. The lowest BCUT2D eigenvalue weighted by Gasteiger charge is -2.19. The average molecular weight is 493 g/mol. The first-order chi connectivity index (χ1) is 15.1. The predicted octanol–water partition coefficient (Wildman–Crippen LogP) is -0.247. The molecule has 17 heteroatoms. The summed E-state index contributed by atoms with van der Waals surface area (Å²) in [4.78, 5) is 22.5. The van der Waals surface area contributed by atoms with Crippen LogP contribution in [0.5, 0.6) is 0 Å². The molecular formula is C15H20N5O10PS. The Morgan fingerprint density at radius 2 is 2.03 bits per heavy atom. The van der Waals surface area contributed by atoms with Gasteiger partial charge in [-0.25, -0.2) is 23.7 Å². The second-order valence-electron chi connectivity index (χ2n) is 7.68. The fourth-order valence-corrected chi connectivity index (χ4v) is 5.67. The number of hydrogen-bond donors (Lipinski definition) is 4. The van der Waals surface area contributed by atoms with E-state index in [1.165, 1.54) is 17.2 Å². The second kappa shape index (κ2) is 7.93. The molecule has 4 heterocycles. The molecule has 2 aromatic heterocycles. The van der Waals surface area contributed by atoms with Gasteiger partial charge in [-0.2, -0.15) is 8.42 Å². The van der Waals surface area contributed by atoms with Gasteiger partial charge in [-0.05, 0) is 19.3 Å². The molecule has 2 aliphatic heterocycles. The SMILES string of the molecule is O=P1(O)O[C@@H]2[C@H](O1)[C@@H](COS(=O)(=O)O)O[C@H]2n1cnc2c(N[C@@H]3CCC[C@H]3O)ncnc21. The number of anilines is 1. The molecule has 5 rings (SSSR count). The van der Waals surface area contributed by atoms with E-state index >= 15 is 0 Å². The van der Waals surface area contributed by atoms with Crippen molar-refractivity contribution in [2.24, 2.45) is 0 Å². The predicted molar refractivity (Wildman–Crippen MR) is 104 cm³/mol. The Morgan fingerprint density at radius 3 is 2.75 bits per heavy atom. The number of hydrogen-bond acceptors (Lipinski definition) is 12. The molecule has 0 bridgehead atoms. The Labute approximate surface area is 181 Å². The van der Waals surface area contributed by atoms with Gasteiger partial charge in [0.05, 0.1) is 25.1 Å². The summed E-state index contributed by atoms with van der Waals surface area (Å²) in [5, 5.41) is 13.3. The highest BCUT2D eigenvalue weighted by Gasteiger charge is 2.58. The lowest BCUT2D eigenvalue weighted by molar-refractivity contribution is -0.0555. The van der Waals surface area contributed by atoms with E-state index in [1.807, 2.05) is 0 Å². The first-order valence-electron chi connectivity index (χ1n) is 9.70.